The molecule has 4 unspecified atom stereocenters. The Morgan fingerprint density at radius 3 is 2.87 bits per heavy atom. The lowest BCUT2D eigenvalue weighted by Crippen LogP contribution is -2.61. The Kier molecular flexibility index (Phi) is 5.94. The minimum Gasteiger partial charge on any atom is -0.378 e. The number of halogens is 1. The second-order valence-electron chi connectivity index (χ2n) is 6.66. The first-order valence-electron chi connectivity index (χ1n) is 8.52. The quantitative estimate of drug-likeness (QED) is 0.913. The van der Waals surface area contributed by atoms with Crippen LogP contribution in [-0.4, -0.2) is 62.5 Å². The summed E-state index contributed by atoms with van der Waals surface area (Å²) >= 11 is 6.00. The maximum Gasteiger partial charge on any atom is 0.0851 e. The highest BCUT2D eigenvalue weighted by molar-refractivity contribution is 6.30. The highest BCUT2D eigenvalue weighted by atomic mass is 35.5. The molecule has 4 atom stereocenters. The van der Waals surface area contributed by atoms with Crippen molar-refractivity contribution in [2.75, 3.05) is 33.4 Å². The van der Waals surface area contributed by atoms with Crippen LogP contribution in [0.1, 0.15) is 18.9 Å². The lowest BCUT2D eigenvalue weighted by molar-refractivity contribution is -0.103. The van der Waals surface area contributed by atoms with E-state index >= 15 is 0 Å². The van der Waals surface area contributed by atoms with Crippen molar-refractivity contribution in [1.82, 2.24) is 10.2 Å². The van der Waals surface area contributed by atoms with E-state index in [4.69, 9.17) is 21.1 Å². The van der Waals surface area contributed by atoms with Crippen molar-refractivity contribution in [3.05, 3.63) is 34.9 Å². The average Bonchev–Trinajstić information content (AvgIpc) is 2.58. The van der Waals surface area contributed by atoms with E-state index in [9.17, 15) is 0 Å². The van der Waals surface area contributed by atoms with Crippen LogP contribution in [0.15, 0.2) is 24.3 Å². The topological polar surface area (TPSA) is 33.7 Å². The highest BCUT2D eigenvalue weighted by Crippen LogP contribution is 2.24. The number of hydrogen-bond donors (Lipinski definition) is 1. The van der Waals surface area contributed by atoms with Gasteiger partial charge in [-0.25, -0.2) is 0 Å². The number of piperidine rings is 1. The third-order valence-corrected chi connectivity index (χ3v) is 5.27. The van der Waals surface area contributed by atoms with Crippen LogP contribution in [0.3, 0.4) is 0 Å². The van der Waals surface area contributed by atoms with E-state index in [1.165, 1.54) is 5.56 Å². The molecule has 4 nitrogen and oxygen atoms in total. The Hall–Kier alpha value is -0.650. The van der Waals surface area contributed by atoms with Crippen molar-refractivity contribution in [1.29, 1.82) is 0 Å². The molecule has 2 heterocycles. The molecule has 23 heavy (non-hydrogen) atoms. The molecule has 2 saturated heterocycles. The zero-order valence-corrected chi connectivity index (χ0v) is 14.8. The van der Waals surface area contributed by atoms with E-state index in [0.29, 0.717) is 12.1 Å². The predicted octanol–water partition coefficient (Wildman–Crippen LogP) is 2.35. The molecule has 5 heteroatoms. The summed E-state index contributed by atoms with van der Waals surface area (Å²) in [5.41, 5.74) is 1.31. The zero-order valence-electron chi connectivity index (χ0n) is 14.0. The molecule has 0 aliphatic carbocycles. The van der Waals surface area contributed by atoms with Crippen LogP contribution in [0.4, 0.5) is 0 Å². The minimum absolute atomic E-state index is 0.252. The third-order valence-electron chi connectivity index (χ3n) is 5.01. The van der Waals surface area contributed by atoms with E-state index in [1.54, 1.807) is 0 Å². The largest absolute Gasteiger partial charge is 0.378 e. The van der Waals surface area contributed by atoms with E-state index in [0.717, 1.165) is 44.1 Å². The van der Waals surface area contributed by atoms with E-state index in [1.807, 2.05) is 19.2 Å². The minimum atomic E-state index is 0.252. The van der Waals surface area contributed by atoms with Gasteiger partial charge in [0.05, 0.1) is 18.8 Å². The number of benzene rings is 1. The van der Waals surface area contributed by atoms with Crippen molar-refractivity contribution in [3.8, 4) is 0 Å². The standard InChI is InChI=1S/C18H27ClN2O2/c1-13-11-21(17-7-8-20-10-18(17)22-2)16(12-23-13)9-14-3-5-15(19)6-4-14/h3-6,13,16-18,20H,7-12H2,1-2H3. The summed E-state index contributed by atoms with van der Waals surface area (Å²) in [5, 5.41) is 4.23. The normalized spacial score (nSPS) is 32.8. The first-order chi connectivity index (χ1) is 11.2. The van der Waals surface area contributed by atoms with Gasteiger partial charge in [-0.05, 0) is 44.0 Å². The molecule has 1 aromatic rings. The predicted molar refractivity (Wildman–Crippen MR) is 93.1 cm³/mol. The van der Waals surface area contributed by atoms with E-state index in [2.05, 4.69) is 29.3 Å². The van der Waals surface area contributed by atoms with Gasteiger partial charge in [0, 0.05) is 37.3 Å². The lowest BCUT2D eigenvalue weighted by Gasteiger charge is -2.47. The van der Waals surface area contributed by atoms with Gasteiger partial charge >= 0.3 is 0 Å². The van der Waals surface area contributed by atoms with Crippen LogP contribution < -0.4 is 5.32 Å². The first kappa shape index (κ1) is 17.2. The van der Waals surface area contributed by atoms with E-state index in [-0.39, 0.29) is 12.2 Å². The molecule has 3 rings (SSSR count). The van der Waals surface area contributed by atoms with Crippen molar-refractivity contribution >= 4 is 11.6 Å². The van der Waals surface area contributed by atoms with Gasteiger partial charge in [0.25, 0.3) is 0 Å². The molecular formula is C18H27ClN2O2. The SMILES string of the molecule is COC1CNCCC1N1CC(C)OCC1Cc1ccc(Cl)cc1. The van der Waals surface area contributed by atoms with Crippen LogP contribution >= 0.6 is 11.6 Å². The van der Waals surface area contributed by atoms with E-state index < -0.39 is 0 Å². The summed E-state index contributed by atoms with van der Waals surface area (Å²) in [5.74, 6) is 0. The number of methoxy groups -OCH3 is 1. The van der Waals surface area contributed by atoms with Gasteiger partial charge in [0.2, 0.25) is 0 Å². The number of rotatable bonds is 4. The van der Waals surface area contributed by atoms with Crippen LogP contribution in [0.5, 0.6) is 0 Å². The second kappa shape index (κ2) is 7.95. The first-order valence-corrected chi connectivity index (χ1v) is 8.90. The summed E-state index contributed by atoms with van der Waals surface area (Å²) in [7, 11) is 1.82. The summed E-state index contributed by atoms with van der Waals surface area (Å²) < 4.78 is 11.7. The number of nitrogens with one attached hydrogen (secondary N) is 1. The van der Waals surface area contributed by atoms with Crippen LogP contribution in [0.25, 0.3) is 0 Å². The maximum absolute atomic E-state index is 6.00. The van der Waals surface area contributed by atoms with Crippen LogP contribution in [-0.2, 0) is 15.9 Å². The van der Waals surface area contributed by atoms with Crippen molar-refractivity contribution in [2.24, 2.45) is 0 Å². The second-order valence-corrected chi connectivity index (χ2v) is 7.10. The Morgan fingerprint density at radius 1 is 1.35 bits per heavy atom. The molecule has 0 radical (unpaired) electrons. The summed E-state index contributed by atoms with van der Waals surface area (Å²) in [6, 6.07) is 9.04. The molecule has 1 N–H and O–H groups in total. The average molecular weight is 339 g/mol. The fourth-order valence-electron chi connectivity index (χ4n) is 3.78. The number of morpholine rings is 1. The summed E-state index contributed by atoms with van der Waals surface area (Å²) in [4.78, 5) is 2.62. The monoisotopic (exact) mass is 338 g/mol. The lowest BCUT2D eigenvalue weighted by atomic mass is 9.95. The van der Waals surface area contributed by atoms with Gasteiger partial charge in [-0.2, -0.15) is 0 Å². The van der Waals surface area contributed by atoms with Gasteiger partial charge in [0.1, 0.15) is 0 Å². The fourth-order valence-corrected chi connectivity index (χ4v) is 3.91. The molecule has 2 aliphatic rings. The molecule has 0 saturated carbocycles. The molecule has 2 fully saturated rings. The van der Waals surface area contributed by atoms with Gasteiger partial charge in [0.15, 0.2) is 0 Å². The molecule has 2 aliphatic heterocycles. The highest BCUT2D eigenvalue weighted by Gasteiger charge is 2.37. The smallest absolute Gasteiger partial charge is 0.0851 e. The molecule has 0 spiro atoms. The summed E-state index contributed by atoms with van der Waals surface area (Å²) in [6.45, 7) is 5.91. The Labute approximate surface area is 144 Å². The molecular weight excluding hydrogens is 312 g/mol. The Morgan fingerprint density at radius 2 is 2.13 bits per heavy atom. The number of nitrogens with zero attached hydrogens (tertiary/aromatic N) is 1. The number of hydrogen-bond acceptors (Lipinski definition) is 4. The molecule has 0 aromatic heterocycles. The van der Waals surface area contributed by atoms with Gasteiger partial charge in [-0.1, -0.05) is 23.7 Å². The third kappa shape index (κ3) is 4.25. The van der Waals surface area contributed by atoms with Crippen molar-refractivity contribution in [2.45, 2.75) is 44.1 Å². The molecule has 0 amide bonds. The maximum atomic E-state index is 6.00. The van der Waals surface area contributed by atoms with Gasteiger partial charge in [-0.15, -0.1) is 0 Å². The molecule has 128 valence electrons. The van der Waals surface area contributed by atoms with Gasteiger partial charge in [-0.3, -0.25) is 4.90 Å². The summed E-state index contributed by atoms with van der Waals surface area (Å²) in [6.07, 6.45) is 2.65. The van der Waals surface area contributed by atoms with Gasteiger partial charge < -0.3 is 14.8 Å². The van der Waals surface area contributed by atoms with Crippen LogP contribution in [0.2, 0.25) is 5.02 Å². The Bertz CT molecular complexity index is 496. The van der Waals surface area contributed by atoms with Crippen molar-refractivity contribution in [3.63, 3.8) is 0 Å². The number of ether oxygens (including phenoxy) is 2. The Balaban J connectivity index is 1.74. The van der Waals surface area contributed by atoms with Crippen molar-refractivity contribution < 1.29 is 9.47 Å². The zero-order chi connectivity index (χ0) is 16.2. The molecule has 0 bridgehead atoms. The molecule has 1 aromatic carbocycles. The van der Waals surface area contributed by atoms with Crippen LogP contribution in [0, 0.1) is 0 Å². The fraction of sp³-hybridized carbons (Fsp3) is 0.667.